The molecule has 2 aromatic rings. The van der Waals surface area contributed by atoms with Crippen molar-refractivity contribution in [2.45, 2.75) is 51.2 Å². The number of hydrogen-bond acceptors (Lipinski definition) is 5. The quantitative estimate of drug-likeness (QED) is 0.719. The first-order valence-corrected chi connectivity index (χ1v) is 11.1. The molecule has 156 valence electrons. The Morgan fingerprint density at radius 1 is 1.28 bits per heavy atom. The fourth-order valence-electron chi connectivity index (χ4n) is 3.19. The number of benzene rings is 2. The van der Waals surface area contributed by atoms with Gasteiger partial charge in [-0.15, -0.1) is 0 Å². The Kier molecular flexibility index (Phi) is 6.14. The van der Waals surface area contributed by atoms with Gasteiger partial charge in [0.15, 0.2) is 0 Å². The number of ether oxygens (including phenoxy) is 2. The molecular formula is C21H26N2O5S. The summed E-state index contributed by atoms with van der Waals surface area (Å²) in [5, 5.41) is 2.82. The largest absolute Gasteiger partial charge is 0.492 e. The molecular weight excluding hydrogens is 392 g/mol. The van der Waals surface area contributed by atoms with Crippen molar-refractivity contribution in [2.75, 3.05) is 11.9 Å². The summed E-state index contributed by atoms with van der Waals surface area (Å²) in [5.41, 5.74) is 1.75. The molecule has 1 amide bonds. The van der Waals surface area contributed by atoms with Crippen LogP contribution in [0.3, 0.4) is 0 Å². The molecule has 29 heavy (non-hydrogen) atoms. The average Bonchev–Trinajstić information content (AvgIpc) is 3.00. The molecule has 7 nitrogen and oxygen atoms in total. The van der Waals surface area contributed by atoms with Gasteiger partial charge in [-0.1, -0.05) is 6.07 Å². The molecule has 0 fully saturated rings. The third kappa shape index (κ3) is 4.89. The number of sulfonamides is 1. The first-order chi connectivity index (χ1) is 13.7. The van der Waals surface area contributed by atoms with Gasteiger partial charge in [0, 0.05) is 29.7 Å². The molecule has 0 bridgehead atoms. The van der Waals surface area contributed by atoms with Gasteiger partial charge in [0.25, 0.3) is 5.91 Å². The van der Waals surface area contributed by atoms with E-state index in [1.807, 2.05) is 19.9 Å². The molecule has 0 saturated heterocycles. The molecule has 3 rings (SSSR count). The number of amides is 1. The van der Waals surface area contributed by atoms with Crippen LogP contribution in [0, 0.1) is 0 Å². The number of hydrogen-bond donors (Lipinski definition) is 2. The Morgan fingerprint density at radius 2 is 2.03 bits per heavy atom. The van der Waals surface area contributed by atoms with Gasteiger partial charge in [0.1, 0.15) is 17.6 Å². The van der Waals surface area contributed by atoms with Crippen molar-refractivity contribution >= 4 is 21.6 Å². The van der Waals surface area contributed by atoms with E-state index in [0.717, 1.165) is 12.0 Å². The molecule has 1 heterocycles. The van der Waals surface area contributed by atoms with E-state index in [4.69, 9.17) is 9.47 Å². The highest BCUT2D eigenvalue weighted by Gasteiger charge is 2.23. The van der Waals surface area contributed by atoms with Gasteiger partial charge in [-0.25, -0.2) is 13.1 Å². The smallest absolute Gasteiger partial charge is 0.255 e. The molecule has 2 aromatic carbocycles. The minimum absolute atomic E-state index is 0.0370. The summed E-state index contributed by atoms with van der Waals surface area (Å²) in [4.78, 5) is 12.9. The van der Waals surface area contributed by atoms with Crippen LogP contribution in [0.15, 0.2) is 41.3 Å². The highest BCUT2D eigenvalue weighted by molar-refractivity contribution is 7.89. The van der Waals surface area contributed by atoms with Crippen LogP contribution >= 0.6 is 0 Å². The lowest BCUT2D eigenvalue weighted by Crippen LogP contribution is -2.30. The van der Waals surface area contributed by atoms with Crippen LogP contribution < -0.4 is 19.5 Å². The molecule has 1 aliphatic heterocycles. The summed E-state index contributed by atoms with van der Waals surface area (Å²) in [6.45, 7) is 7.77. The summed E-state index contributed by atoms with van der Waals surface area (Å²) < 4.78 is 38.8. The fourth-order valence-corrected chi connectivity index (χ4v) is 4.49. The van der Waals surface area contributed by atoms with Gasteiger partial charge in [0.05, 0.1) is 17.2 Å². The first kappa shape index (κ1) is 21.1. The van der Waals surface area contributed by atoms with Crippen molar-refractivity contribution in [3.05, 3.63) is 47.5 Å². The number of anilines is 1. The van der Waals surface area contributed by atoms with Crippen LogP contribution in [-0.2, 0) is 16.4 Å². The van der Waals surface area contributed by atoms with Crippen molar-refractivity contribution in [2.24, 2.45) is 0 Å². The SMILES string of the molecule is CCOc1cc2c(cc1NC(=O)c1cccc(S(=O)(=O)NC(C)C)c1)O[C@@H](C)C2. The molecule has 0 spiro atoms. The number of nitrogens with one attached hydrogen (secondary N) is 2. The van der Waals surface area contributed by atoms with E-state index in [0.29, 0.717) is 23.8 Å². The number of carbonyl (C=O) groups excluding carboxylic acids is 1. The summed E-state index contributed by atoms with van der Waals surface area (Å²) in [6, 6.07) is 9.30. The van der Waals surface area contributed by atoms with Crippen LogP contribution in [0.5, 0.6) is 11.5 Å². The van der Waals surface area contributed by atoms with Crippen LogP contribution in [0.2, 0.25) is 0 Å². The van der Waals surface area contributed by atoms with Crippen molar-refractivity contribution in [1.82, 2.24) is 4.72 Å². The maximum Gasteiger partial charge on any atom is 0.255 e. The van der Waals surface area contributed by atoms with Gasteiger partial charge in [-0.2, -0.15) is 0 Å². The maximum absolute atomic E-state index is 12.8. The summed E-state index contributed by atoms with van der Waals surface area (Å²) in [6.07, 6.45) is 0.854. The van der Waals surface area contributed by atoms with Crippen molar-refractivity contribution in [3.8, 4) is 11.5 Å². The van der Waals surface area contributed by atoms with E-state index in [1.54, 1.807) is 32.0 Å². The highest BCUT2D eigenvalue weighted by Crippen LogP contribution is 2.38. The van der Waals surface area contributed by atoms with Gasteiger partial charge in [-0.05, 0) is 52.0 Å². The molecule has 0 saturated carbocycles. The van der Waals surface area contributed by atoms with Crippen LogP contribution in [0.1, 0.15) is 43.6 Å². The topological polar surface area (TPSA) is 93.7 Å². The molecule has 0 unspecified atom stereocenters. The predicted molar refractivity (Wildman–Crippen MR) is 111 cm³/mol. The second-order valence-corrected chi connectivity index (χ2v) is 8.99. The van der Waals surface area contributed by atoms with Gasteiger partial charge >= 0.3 is 0 Å². The standard InChI is InChI=1S/C21H26N2O5S/c1-5-27-20-11-16-9-14(4)28-19(16)12-18(20)22-21(24)15-7-6-8-17(10-15)29(25,26)23-13(2)3/h6-8,10-14,23H,5,9H2,1-4H3,(H,22,24)/t14-/m0/s1. The minimum Gasteiger partial charge on any atom is -0.492 e. The molecule has 2 N–H and O–H groups in total. The summed E-state index contributed by atoms with van der Waals surface area (Å²) >= 11 is 0. The van der Waals surface area contributed by atoms with Crippen LogP contribution in [-0.4, -0.2) is 33.1 Å². The van der Waals surface area contributed by atoms with Crippen molar-refractivity contribution in [3.63, 3.8) is 0 Å². The molecule has 0 aromatic heterocycles. The molecule has 1 aliphatic rings. The zero-order valence-electron chi connectivity index (χ0n) is 17.0. The van der Waals surface area contributed by atoms with E-state index in [1.165, 1.54) is 12.1 Å². The Hall–Kier alpha value is -2.58. The lowest BCUT2D eigenvalue weighted by Gasteiger charge is -2.14. The Bertz CT molecular complexity index is 1020. The zero-order valence-corrected chi connectivity index (χ0v) is 17.8. The van der Waals surface area contributed by atoms with Gasteiger partial charge in [0.2, 0.25) is 10.0 Å². The number of carbonyl (C=O) groups is 1. The Labute approximate surface area is 171 Å². The summed E-state index contributed by atoms with van der Waals surface area (Å²) in [5.74, 6) is 0.842. The predicted octanol–water partition coefficient (Wildman–Crippen LogP) is 3.35. The molecule has 8 heteroatoms. The third-order valence-electron chi connectivity index (χ3n) is 4.34. The Morgan fingerprint density at radius 3 is 2.72 bits per heavy atom. The maximum atomic E-state index is 12.8. The molecule has 0 radical (unpaired) electrons. The first-order valence-electron chi connectivity index (χ1n) is 9.59. The lowest BCUT2D eigenvalue weighted by molar-refractivity contribution is 0.102. The average molecular weight is 419 g/mol. The van der Waals surface area contributed by atoms with Gasteiger partial charge in [-0.3, -0.25) is 4.79 Å². The van der Waals surface area contributed by atoms with Crippen molar-refractivity contribution in [1.29, 1.82) is 0 Å². The van der Waals surface area contributed by atoms with Gasteiger partial charge < -0.3 is 14.8 Å². The minimum atomic E-state index is -3.69. The number of rotatable bonds is 7. The van der Waals surface area contributed by atoms with Crippen LogP contribution in [0.4, 0.5) is 5.69 Å². The fraction of sp³-hybridized carbons (Fsp3) is 0.381. The second-order valence-electron chi connectivity index (χ2n) is 7.28. The monoisotopic (exact) mass is 418 g/mol. The van der Waals surface area contributed by atoms with E-state index < -0.39 is 15.9 Å². The summed E-state index contributed by atoms with van der Waals surface area (Å²) in [7, 11) is -3.69. The second kappa shape index (κ2) is 8.42. The van der Waals surface area contributed by atoms with E-state index in [2.05, 4.69) is 10.0 Å². The van der Waals surface area contributed by atoms with E-state index in [-0.39, 0.29) is 22.6 Å². The molecule has 1 atom stereocenters. The van der Waals surface area contributed by atoms with E-state index in [9.17, 15) is 13.2 Å². The number of fused-ring (bicyclic) bond motifs is 1. The molecule has 0 aliphatic carbocycles. The normalized spacial score (nSPS) is 15.7. The van der Waals surface area contributed by atoms with Crippen molar-refractivity contribution < 1.29 is 22.7 Å². The highest BCUT2D eigenvalue weighted by atomic mass is 32.2. The zero-order chi connectivity index (χ0) is 21.2. The Balaban J connectivity index is 1.88. The van der Waals surface area contributed by atoms with E-state index >= 15 is 0 Å². The van der Waals surface area contributed by atoms with Crippen LogP contribution in [0.25, 0.3) is 0 Å². The lowest BCUT2D eigenvalue weighted by atomic mass is 10.1. The third-order valence-corrected chi connectivity index (χ3v) is 6.00.